The van der Waals surface area contributed by atoms with Crippen molar-refractivity contribution in [2.45, 2.75) is 40.2 Å². The maximum Gasteiger partial charge on any atom is 0.191 e. The summed E-state index contributed by atoms with van der Waals surface area (Å²) in [7, 11) is 2.10. The Morgan fingerprint density at radius 1 is 1.12 bits per heavy atom. The Balaban J connectivity index is 1.93. The second-order valence-electron chi connectivity index (χ2n) is 6.12. The molecule has 0 aliphatic carbocycles. The molecule has 0 amide bonds. The lowest BCUT2D eigenvalue weighted by Crippen LogP contribution is -2.41. The van der Waals surface area contributed by atoms with Crippen molar-refractivity contribution < 1.29 is 4.52 Å². The maximum absolute atomic E-state index is 5.42. The van der Waals surface area contributed by atoms with Gasteiger partial charge in [0.25, 0.3) is 0 Å². The number of nitrogens with zero attached hydrogens (tertiary/aromatic N) is 3. The maximum atomic E-state index is 5.42. The molecule has 0 aliphatic heterocycles. The van der Waals surface area contributed by atoms with Crippen LogP contribution in [-0.4, -0.2) is 37.8 Å². The Hall–Kier alpha value is -2.50. The average molecular weight is 358 g/mol. The summed E-state index contributed by atoms with van der Waals surface area (Å²) in [5, 5.41) is 10.9. The van der Waals surface area contributed by atoms with E-state index in [1.165, 1.54) is 5.69 Å². The summed E-state index contributed by atoms with van der Waals surface area (Å²) in [6.07, 6.45) is 1.70. The van der Waals surface area contributed by atoms with Gasteiger partial charge in [-0.25, -0.2) is 4.99 Å². The molecule has 0 spiro atoms. The zero-order chi connectivity index (χ0) is 18.8. The highest BCUT2D eigenvalue weighted by Gasteiger charge is 2.13. The predicted molar refractivity (Wildman–Crippen MR) is 108 cm³/mol. The molecule has 0 fully saturated rings. The first kappa shape index (κ1) is 19.8. The molecule has 1 aromatic carbocycles. The van der Waals surface area contributed by atoms with E-state index in [-0.39, 0.29) is 0 Å². The van der Waals surface area contributed by atoms with E-state index in [1.807, 2.05) is 6.07 Å². The van der Waals surface area contributed by atoms with E-state index >= 15 is 0 Å². The SMILES string of the molecule is CCNC(=NCc1c(CC)noc1CC)NCCN(C)c1ccccc1. The van der Waals surface area contributed by atoms with Gasteiger partial charge in [0.05, 0.1) is 12.2 Å². The molecule has 6 heteroatoms. The summed E-state index contributed by atoms with van der Waals surface area (Å²) in [6.45, 7) is 9.35. The molecular formula is C20H31N5O. The van der Waals surface area contributed by atoms with Crippen LogP contribution in [0.5, 0.6) is 0 Å². The molecule has 2 aromatic rings. The minimum Gasteiger partial charge on any atom is -0.373 e. The number of aryl methyl sites for hydroxylation is 2. The monoisotopic (exact) mass is 357 g/mol. The van der Waals surface area contributed by atoms with Crippen molar-refractivity contribution >= 4 is 11.6 Å². The molecule has 26 heavy (non-hydrogen) atoms. The third kappa shape index (κ3) is 5.51. The standard InChI is InChI=1S/C20H31N5O/c1-5-18-17(19(6-2)26-24-18)15-23-20(21-7-3)22-13-14-25(4)16-11-9-8-10-12-16/h8-12H,5-7,13-15H2,1-4H3,(H2,21,22,23). The van der Waals surface area contributed by atoms with E-state index in [0.29, 0.717) is 6.54 Å². The molecule has 2 rings (SSSR count). The largest absolute Gasteiger partial charge is 0.373 e. The molecule has 0 aliphatic rings. The van der Waals surface area contributed by atoms with Crippen molar-refractivity contribution in [1.82, 2.24) is 15.8 Å². The van der Waals surface area contributed by atoms with Gasteiger partial charge in [0.1, 0.15) is 5.76 Å². The summed E-state index contributed by atoms with van der Waals surface area (Å²) in [5.74, 6) is 1.75. The van der Waals surface area contributed by atoms with E-state index in [4.69, 9.17) is 9.52 Å². The summed E-state index contributed by atoms with van der Waals surface area (Å²) >= 11 is 0. The van der Waals surface area contributed by atoms with E-state index in [0.717, 1.165) is 55.5 Å². The van der Waals surface area contributed by atoms with Gasteiger partial charge in [-0.05, 0) is 25.5 Å². The van der Waals surface area contributed by atoms with Crippen LogP contribution in [0.4, 0.5) is 5.69 Å². The van der Waals surface area contributed by atoms with Crippen LogP contribution >= 0.6 is 0 Å². The molecule has 0 saturated heterocycles. The lowest BCUT2D eigenvalue weighted by atomic mass is 10.1. The highest BCUT2D eigenvalue weighted by atomic mass is 16.5. The number of aromatic nitrogens is 1. The first-order valence-electron chi connectivity index (χ1n) is 9.44. The van der Waals surface area contributed by atoms with Crippen molar-refractivity contribution in [3.8, 4) is 0 Å². The number of benzene rings is 1. The number of para-hydroxylation sites is 1. The van der Waals surface area contributed by atoms with Crippen molar-refractivity contribution in [2.24, 2.45) is 4.99 Å². The van der Waals surface area contributed by atoms with Gasteiger partial charge in [0, 0.05) is 44.4 Å². The van der Waals surface area contributed by atoms with E-state index < -0.39 is 0 Å². The van der Waals surface area contributed by atoms with Gasteiger partial charge in [-0.3, -0.25) is 0 Å². The quantitative estimate of drug-likeness (QED) is 0.533. The molecule has 1 heterocycles. The van der Waals surface area contributed by atoms with Gasteiger partial charge in [0.2, 0.25) is 0 Å². The predicted octanol–water partition coefficient (Wildman–Crippen LogP) is 2.99. The van der Waals surface area contributed by atoms with Crippen molar-refractivity contribution in [1.29, 1.82) is 0 Å². The minimum absolute atomic E-state index is 0.583. The highest BCUT2D eigenvalue weighted by Crippen LogP contribution is 2.16. The molecule has 1 aromatic heterocycles. The summed E-state index contributed by atoms with van der Waals surface area (Å²) in [4.78, 5) is 6.94. The molecular weight excluding hydrogens is 326 g/mol. The lowest BCUT2D eigenvalue weighted by molar-refractivity contribution is 0.380. The smallest absolute Gasteiger partial charge is 0.191 e. The normalized spacial score (nSPS) is 11.5. The van der Waals surface area contributed by atoms with Crippen molar-refractivity contribution in [2.75, 3.05) is 31.6 Å². The average Bonchev–Trinajstić information content (AvgIpc) is 3.08. The number of nitrogens with one attached hydrogen (secondary N) is 2. The summed E-state index contributed by atoms with van der Waals surface area (Å²) in [6, 6.07) is 10.4. The van der Waals surface area contributed by atoms with Crippen LogP contribution in [0.2, 0.25) is 0 Å². The molecule has 142 valence electrons. The number of guanidine groups is 1. The number of aliphatic imine (C=N–C) groups is 1. The van der Waals surface area contributed by atoms with Gasteiger partial charge in [-0.2, -0.15) is 0 Å². The Kier molecular flexibility index (Phi) is 7.99. The molecule has 2 N–H and O–H groups in total. The van der Waals surface area contributed by atoms with Crippen LogP contribution < -0.4 is 15.5 Å². The fraction of sp³-hybridized carbons (Fsp3) is 0.500. The van der Waals surface area contributed by atoms with Crippen molar-refractivity contribution in [3.63, 3.8) is 0 Å². The van der Waals surface area contributed by atoms with Crippen LogP contribution in [0.1, 0.15) is 37.8 Å². The fourth-order valence-corrected chi connectivity index (χ4v) is 2.77. The Morgan fingerprint density at radius 2 is 1.88 bits per heavy atom. The first-order chi connectivity index (χ1) is 12.7. The summed E-state index contributed by atoms with van der Waals surface area (Å²) < 4.78 is 5.42. The molecule has 0 atom stereocenters. The van der Waals surface area contributed by atoms with Gasteiger partial charge in [-0.15, -0.1) is 0 Å². The Morgan fingerprint density at radius 3 is 2.54 bits per heavy atom. The second kappa shape index (κ2) is 10.5. The first-order valence-corrected chi connectivity index (χ1v) is 9.44. The summed E-state index contributed by atoms with van der Waals surface area (Å²) in [5.41, 5.74) is 3.33. The molecule has 0 unspecified atom stereocenters. The van der Waals surface area contributed by atoms with E-state index in [9.17, 15) is 0 Å². The third-order valence-electron chi connectivity index (χ3n) is 4.28. The Labute approximate surface area is 156 Å². The zero-order valence-corrected chi connectivity index (χ0v) is 16.4. The van der Waals surface area contributed by atoms with Gasteiger partial charge in [-0.1, -0.05) is 37.2 Å². The lowest BCUT2D eigenvalue weighted by Gasteiger charge is -2.20. The van der Waals surface area contributed by atoms with Gasteiger partial charge >= 0.3 is 0 Å². The van der Waals surface area contributed by atoms with Gasteiger partial charge < -0.3 is 20.1 Å². The molecule has 0 radical (unpaired) electrons. The van der Waals surface area contributed by atoms with Crippen LogP contribution in [0.25, 0.3) is 0 Å². The number of hydrogen-bond donors (Lipinski definition) is 2. The van der Waals surface area contributed by atoms with Crippen LogP contribution in [0.15, 0.2) is 39.8 Å². The van der Waals surface area contributed by atoms with Crippen LogP contribution in [0, 0.1) is 0 Å². The van der Waals surface area contributed by atoms with Crippen LogP contribution in [0.3, 0.4) is 0 Å². The Bertz CT molecular complexity index is 659. The minimum atomic E-state index is 0.583. The molecule has 0 saturated carbocycles. The highest BCUT2D eigenvalue weighted by molar-refractivity contribution is 5.79. The zero-order valence-electron chi connectivity index (χ0n) is 16.4. The van der Waals surface area contributed by atoms with Gasteiger partial charge in [0.15, 0.2) is 5.96 Å². The molecule has 0 bridgehead atoms. The second-order valence-corrected chi connectivity index (χ2v) is 6.12. The number of anilines is 1. The fourth-order valence-electron chi connectivity index (χ4n) is 2.77. The van der Waals surface area contributed by atoms with E-state index in [2.05, 4.69) is 72.8 Å². The number of hydrogen-bond acceptors (Lipinski definition) is 4. The van der Waals surface area contributed by atoms with Crippen molar-refractivity contribution in [3.05, 3.63) is 47.3 Å². The number of rotatable bonds is 9. The third-order valence-corrected chi connectivity index (χ3v) is 4.28. The topological polar surface area (TPSA) is 65.7 Å². The molecule has 6 nitrogen and oxygen atoms in total. The van der Waals surface area contributed by atoms with Crippen LogP contribution in [-0.2, 0) is 19.4 Å². The number of likely N-dealkylation sites (N-methyl/N-ethyl adjacent to an activating group) is 1. The van der Waals surface area contributed by atoms with E-state index in [1.54, 1.807) is 0 Å².